The highest BCUT2D eigenvalue weighted by Gasteiger charge is 2.40. The van der Waals surface area contributed by atoms with Crippen molar-refractivity contribution in [2.75, 3.05) is 6.54 Å². The van der Waals surface area contributed by atoms with E-state index in [0.717, 1.165) is 18.7 Å². The molecule has 2 heterocycles. The first-order valence-corrected chi connectivity index (χ1v) is 7.50. The van der Waals surface area contributed by atoms with Crippen molar-refractivity contribution in [2.45, 2.75) is 51.6 Å². The van der Waals surface area contributed by atoms with Gasteiger partial charge in [-0.05, 0) is 12.8 Å². The van der Waals surface area contributed by atoms with Gasteiger partial charge in [-0.1, -0.05) is 13.8 Å². The summed E-state index contributed by atoms with van der Waals surface area (Å²) in [6.07, 6.45) is 4.15. The van der Waals surface area contributed by atoms with Crippen molar-refractivity contribution in [3.8, 4) is 0 Å². The zero-order valence-electron chi connectivity index (χ0n) is 12.9. The van der Waals surface area contributed by atoms with Crippen LogP contribution in [0.5, 0.6) is 0 Å². The molecule has 21 heavy (non-hydrogen) atoms. The fraction of sp³-hybridized carbons (Fsp3) is 0.714. The van der Waals surface area contributed by atoms with Gasteiger partial charge >= 0.3 is 0 Å². The second-order valence-electron chi connectivity index (χ2n) is 5.37. The van der Waals surface area contributed by atoms with Crippen LogP contribution in [0.3, 0.4) is 0 Å². The van der Waals surface area contributed by atoms with Crippen LogP contribution in [0, 0.1) is 0 Å². The number of aryl methyl sites for hydroxylation is 1. The van der Waals surface area contributed by atoms with Gasteiger partial charge in [-0.25, -0.2) is 4.98 Å². The molecular weight excluding hydrogens is 270 g/mol. The molecule has 1 fully saturated rings. The first-order valence-electron chi connectivity index (χ1n) is 7.50. The van der Waals surface area contributed by atoms with E-state index >= 15 is 0 Å². The molecule has 1 atom stereocenters. The summed E-state index contributed by atoms with van der Waals surface area (Å²) in [5, 5.41) is 7.33. The lowest BCUT2D eigenvalue weighted by atomic mass is 10.1. The van der Waals surface area contributed by atoms with Crippen molar-refractivity contribution >= 4 is 11.8 Å². The summed E-state index contributed by atoms with van der Waals surface area (Å²) in [6.45, 7) is 4.59. The molecule has 1 N–H and O–H groups in total. The number of carbonyl (C=O) groups is 2. The summed E-state index contributed by atoms with van der Waals surface area (Å²) in [7, 11) is 1.82. The lowest BCUT2D eigenvalue weighted by molar-refractivity contribution is -0.141. The fourth-order valence-corrected chi connectivity index (χ4v) is 2.70. The maximum absolute atomic E-state index is 12.3. The van der Waals surface area contributed by atoms with Gasteiger partial charge in [0.15, 0.2) is 5.82 Å². The molecule has 7 heteroatoms. The summed E-state index contributed by atoms with van der Waals surface area (Å²) < 4.78 is 1.65. The third-order valence-electron chi connectivity index (χ3n) is 3.88. The van der Waals surface area contributed by atoms with E-state index in [4.69, 9.17) is 0 Å². The van der Waals surface area contributed by atoms with Crippen LogP contribution in [-0.2, 0) is 23.1 Å². The Morgan fingerprint density at radius 3 is 2.67 bits per heavy atom. The van der Waals surface area contributed by atoms with Gasteiger partial charge in [-0.2, -0.15) is 5.10 Å². The van der Waals surface area contributed by atoms with E-state index in [0.29, 0.717) is 13.0 Å². The van der Waals surface area contributed by atoms with E-state index in [1.54, 1.807) is 11.0 Å². The molecule has 2 rings (SSSR count). The molecule has 1 aromatic heterocycles. The summed E-state index contributed by atoms with van der Waals surface area (Å²) in [4.78, 5) is 29.9. The first kappa shape index (κ1) is 15.6. The molecule has 0 bridgehead atoms. The predicted molar refractivity (Wildman–Crippen MR) is 77.3 cm³/mol. The molecule has 0 radical (unpaired) electrons. The molecule has 1 aliphatic rings. The topological polar surface area (TPSA) is 80.1 Å². The molecular formula is C14H23N5O2. The van der Waals surface area contributed by atoms with Crippen molar-refractivity contribution in [3.05, 3.63) is 12.2 Å². The number of likely N-dealkylation sites (tertiary alicyclic amines) is 1. The molecule has 0 saturated carbocycles. The molecule has 116 valence electrons. The Morgan fingerprint density at radius 1 is 1.38 bits per heavy atom. The normalized spacial score (nSPS) is 19.0. The quantitative estimate of drug-likeness (QED) is 0.730. The minimum Gasteiger partial charge on any atom is -0.305 e. The number of imide groups is 1. The van der Waals surface area contributed by atoms with Crippen LogP contribution in [-0.4, -0.2) is 50.1 Å². The van der Waals surface area contributed by atoms with Gasteiger partial charge in [0.2, 0.25) is 11.8 Å². The molecule has 1 aromatic rings. The predicted octanol–water partition coefficient (Wildman–Crippen LogP) is 0.263. The second-order valence-corrected chi connectivity index (χ2v) is 5.37. The summed E-state index contributed by atoms with van der Waals surface area (Å²) in [5.41, 5.74) is 0. The van der Waals surface area contributed by atoms with Crippen molar-refractivity contribution in [1.29, 1.82) is 0 Å². The number of carbonyl (C=O) groups excluding carboxylic acids is 2. The maximum atomic E-state index is 12.3. The van der Waals surface area contributed by atoms with E-state index < -0.39 is 6.04 Å². The van der Waals surface area contributed by atoms with Gasteiger partial charge in [0.25, 0.3) is 0 Å². The second kappa shape index (κ2) is 6.80. The molecule has 0 aliphatic carbocycles. The number of nitrogens with zero attached hydrogens (tertiary/aromatic N) is 4. The molecule has 0 spiro atoms. The largest absolute Gasteiger partial charge is 0.305 e. The highest BCUT2D eigenvalue weighted by molar-refractivity contribution is 6.05. The lowest BCUT2D eigenvalue weighted by Crippen LogP contribution is -2.44. The standard InChI is InChI=1S/C14H23N5O2/c1-4-10(5-2)19-13(20)8-11(14(19)21)15-7-6-12-16-9-18(3)17-12/h9-11,15H,4-8H2,1-3H3. The van der Waals surface area contributed by atoms with Crippen molar-refractivity contribution in [1.82, 2.24) is 25.0 Å². The molecule has 7 nitrogen and oxygen atoms in total. The van der Waals surface area contributed by atoms with E-state index in [1.807, 2.05) is 20.9 Å². The van der Waals surface area contributed by atoms with Gasteiger partial charge in [0.05, 0.1) is 12.5 Å². The van der Waals surface area contributed by atoms with Gasteiger partial charge < -0.3 is 5.32 Å². The number of aromatic nitrogens is 3. The van der Waals surface area contributed by atoms with Crippen LogP contribution < -0.4 is 5.32 Å². The average Bonchev–Trinajstić information content (AvgIpc) is 2.98. The van der Waals surface area contributed by atoms with Crippen molar-refractivity contribution < 1.29 is 9.59 Å². The number of rotatable bonds is 7. The van der Waals surface area contributed by atoms with Gasteiger partial charge in [-0.3, -0.25) is 19.2 Å². The summed E-state index contributed by atoms with van der Waals surface area (Å²) in [6, 6.07) is -0.379. The molecule has 2 amide bonds. The number of amides is 2. The Kier molecular flexibility index (Phi) is 5.06. The highest BCUT2D eigenvalue weighted by Crippen LogP contribution is 2.20. The van der Waals surface area contributed by atoms with Crippen molar-refractivity contribution in [2.24, 2.45) is 7.05 Å². The van der Waals surface area contributed by atoms with Crippen LogP contribution in [0.4, 0.5) is 0 Å². The smallest absolute Gasteiger partial charge is 0.247 e. The van der Waals surface area contributed by atoms with Gasteiger partial charge in [0, 0.05) is 26.1 Å². The number of hydrogen-bond donors (Lipinski definition) is 1. The van der Waals surface area contributed by atoms with E-state index in [2.05, 4.69) is 15.4 Å². The lowest BCUT2D eigenvalue weighted by Gasteiger charge is -2.24. The number of hydrogen-bond acceptors (Lipinski definition) is 5. The maximum Gasteiger partial charge on any atom is 0.247 e. The highest BCUT2D eigenvalue weighted by atomic mass is 16.2. The number of nitrogens with one attached hydrogen (secondary N) is 1. The van der Waals surface area contributed by atoms with Crippen LogP contribution in [0.2, 0.25) is 0 Å². The molecule has 1 aliphatic heterocycles. The first-order chi connectivity index (χ1) is 10.1. The minimum absolute atomic E-state index is 0.0225. The Balaban J connectivity index is 1.87. The summed E-state index contributed by atoms with van der Waals surface area (Å²) >= 11 is 0. The molecule has 1 saturated heterocycles. The van der Waals surface area contributed by atoms with Crippen LogP contribution >= 0.6 is 0 Å². The summed E-state index contributed by atoms with van der Waals surface area (Å²) in [5.74, 6) is 0.573. The monoisotopic (exact) mass is 293 g/mol. The van der Waals surface area contributed by atoms with Crippen LogP contribution in [0.1, 0.15) is 38.9 Å². The minimum atomic E-state index is -0.401. The average molecular weight is 293 g/mol. The van der Waals surface area contributed by atoms with E-state index in [-0.39, 0.29) is 24.3 Å². The van der Waals surface area contributed by atoms with E-state index in [9.17, 15) is 9.59 Å². The SMILES string of the molecule is CCC(CC)N1C(=O)CC(NCCc2ncn(C)n2)C1=O. The Labute approximate surface area is 124 Å². The Bertz CT molecular complexity index is 509. The van der Waals surface area contributed by atoms with Gasteiger partial charge in [-0.15, -0.1) is 0 Å². The molecule has 0 aromatic carbocycles. The third kappa shape index (κ3) is 3.47. The van der Waals surface area contributed by atoms with Gasteiger partial charge in [0.1, 0.15) is 6.33 Å². The van der Waals surface area contributed by atoms with Crippen LogP contribution in [0.15, 0.2) is 6.33 Å². The van der Waals surface area contributed by atoms with Crippen LogP contribution in [0.25, 0.3) is 0 Å². The molecule has 1 unspecified atom stereocenters. The Morgan fingerprint density at radius 2 is 2.10 bits per heavy atom. The van der Waals surface area contributed by atoms with Crippen molar-refractivity contribution in [3.63, 3.8) is 0 Å². The Hall–Kier alpha value is -1.76. The third-order valence-corrected chi connectivity index (χ3v) is 3.88. The zero-order chi connectivity index (χ0) is 15.4. The van der Waals surface area contributed by atoms with E-state index in [1.165, 1.54) is 4.90 Å². The fourth-order valence-electron chi connectivity index (χ4n) is 2.70. The zero-order valence-corrected chi connectivity index (χ0v) is 12.9.